The van der Waals surface area contributed by atoms with Gasteiger partial charge < -0.3 is 45.1 Å². The van der Waals surface area contributed by atoms with Crippen LogP contribution < -0.4 is 20.9 Å². The summed E-state index contributed by atoms with van der Waals surface area (Å²) >= 11 is 0. The van der Waals surface area contributed by atoms with Crippen LogP contribution in [-0.2, 0) is 29.3 Å². The maximum absolute atomic E-state index is 13.8. The zero-order valence-electron chi connectivity index (χ0n) is 37.9. The van der Waals surface area contributed by atoms with E-state index >= 15 is 0 Å². The molecule has 1 aromatic heterocycles. The van der Waals surface area contributed by atoms with E-state index < -0.39 is 30.3 Å². The van der Waals surface area contributed by atoms with Gasteiger partial charge in [0.2, 0.25) is 17.7 Å². The number of hydrogen-bond acceptors (Lipinski definition) is 9. The van der Waals surface area contributed by atoms with Crippen LogP contribution in [0.2, 0.25) is 0 Å². The summed E-state index contributed by atoms with van der Waals surface area (Å²) in [5, 5.41) is 8.63. The molecule has 0 bridgehead atoms. The first-order valence-electron chi connectivity index (χ1n) is 22.2. The summed E-state index contributed by atoms with van der Waals surface area (Å²) in [5.41, 5.74) is 6.31. The average Bonchev–Trinajstić information content (AvgIpc) is 4.06. The Labute approximate surface area is 366 Å². The first kappa shape index (κ1) is 45.9. The SMILES string of the molecule is COC(=O)N[C@H](C(=O)N1CCC[C@H]1C(=O)NC1CCN(c2ccc(-c3cnc([C@@H]4CCCN4C(=O)[C@@H](NC(=O)OC)C(C)C)[nH]3)cc2-c2ccc(C(C)(C)C)cc2)CC1)C(C)C. The van der Waals surface area contributed by atoms with E-state index in [0.717, 1.165) is 66.8 Å². The van der Waals surface area contributed by atoms with Crippen molar-refractivity contribution in [3.8, 4) is 22.4 Å². The lowest BCUT2D eigenvalue weighted by molar-refractivity contribution is -0.141. The number of piperidine rings is 1. The molecule has 3 aliphatic rings. The number of aromatic amines is 1. The van der Waals surface area contributed by atoms with Crippen LogP contribution in [0, 0.1) is 11.8 Å². The summed E-state index contributed by atoms with van der Waals surface area (Å²) in [7, 11) is 2.56. The maximum atomic E-state index is 13.8. The van der Waals surface area contributed by atoms with E-state index in [1.165, 1.54) is 19.8 Å². The molecule has 15 heteroatoms. The third-order valence-corrected chi connectivity index (χ3v) is 12.6. The number of imidazole rings is 1. The maximum Gasteiger partial charge on any atom is 0.407 e. The highest BCUT2D eigenvalue weighted by atomic mass is 16.5. The monoisotopic (exact) mass is 855 g/mol. The van der Waals surface area contributed by atoms with E-state index in [4.69, 9.17) is 14.5 Å². The molecule has 6 rings (SSSR count). The fraction of sp³-hybridized carbons (Fsp3) is 0.574. The summed E-state index contributed by atoms with van der Waals surface area (Å²) in [6, 6.07) is 12.8. The fourth-order valence-electron chi connectivity index (χ4n) is 8.95. The largest absolute Gasteiger partial charge is 0.453 e. The molecule has 4 heterocycles. The highest BCUT2D eigenvalue weighted by Gasteiger charge is 2.40. The number of anilines is 1. The number of H-pyrrole nitrogens is 1. The Kier molecular flexibility index (Phi) is 14.5. The van der Waals surface area contributed by atoms with Crippen molar-refractivity contribution in [2.45, 2.75) is 123 Å². The number of benzene rings is 2. The second-order valence-corrected chi connectivity index (χ2v) is 18.6. The summed E-state index contributed by atoms with van der Waals surface area (Å²) in [5.74, 6) is -0.171. The van der Waals surface area contributed by atoms with Crippen molar-refractivity contribution in [1.82, 2.24) is 35.7 Å². The molecule has 4 atom stereocenters. The van der Waals surface area contributed by atoms with Crippen LogP contribution >= 0.6 is 0 Å². The van der Waals surface area contributed by atoms with Gasteiger partial charge in [-0.2, -0.15) is 0 Å². The Morgan fingerprint density at radius 3 is 1.89 bits per heavy atom. The van der Waals surface area contributed by atoms with Gasteiger partial charge in [-0.1, -0.05) is 78.8 Å². The number of nitrogens with zero attached hydrogens (tertiary/aromatic N) is 4. The number of aromatic nitrogens is 2. The zero-order chi connectivity index (χ0) is 44.9. The van der Waals surface area contributed by atoms with Crippen molar-refractivity contribution < 1.29 is 33.4 Å². The van der Waals surface area contributed by atoms with Crippen molar-refractivity contribution in [2.75, 3.05) is 45.3 Å². The lowest BCUT2D eigenvalue weighted by Crippen LogP contribution is -2.56. The minimum atomic E-state index is -0.783. The third kappa shape index (κ3) is 10.4. The van der Waals surface area contributed by atoms with Gasteiger partial charge >= 0.3 is 12.2 Å². The molecule has 0 spiro atoms. The molecule has 0 aliphatic carbocycles. The zero-order valence-corrected chi connectivity index (χ0v) is 37.9. The molecule has 0 saturated carbocycles. The van der Waals surface area contributed by atoms with E-state index in [2.05, 4.69) is 89.1 Å². The van der Waals surface area contributed by atoms with Crippen molar-refractivity contribution >= 4 is 35.6 Å². The molecule has 336 valence electrons. The van der Waals surface area contributed by atoms with Crippen molar-refractivity contribution in [1.29, 1.82) is 0 Å². The average molecular weight is 855 g/mol. The molecule has 3 saturated heterocycles. The van der Waals surface area contributed by atoms with Crippen molar-refractivity contribution in [3.05, 3.63) is 60.0 Å². The van der Waals surface area contributed by atoms with Crippen LogP contribution in [0.25, 0.3) is 22.4 Å². The van der Waals surface area contributed by atoms with Gasteiger partial charge in [-0.25, -0.2) is 14.6 Å². The van der Waals surface area contributed by atoms with Gasteiger partial charge in [-0.3, -0.25) is 14.4 Å². The van der Waals surface area contributed by atoms with Gasteiger partial charge in [0.15, 0.2) is 0 Å². The lowest BCUT2D eigenvalue weighted by atomic mass is 9.86. The Morgan fingerprint density at radius 1 is 0.742 bits per heavy atom. The molecule has 15 nitrogen and oxygen atoms in total. The van der Waals surface area contributed by atoms with Crippen LogP contribution in [-0.4, -0.2) is 114 Å². The van der Waals surface area contributed by atoms with E-state index in [1.807, 2.05) is 38.8 Å². The summed E-state index contributed by atoms with van der Waals surface area (Å²) in [6.07, 6.45) is 4.87. The molecule has 3 aliphatic heterocycles. The highest BCUT2D eigenvalue weighted by Crippen LogP contribution is 2.38. The van der Waals surface area contributed by atoms with E-state index in [-0.39, 0.29) is 47.1 Å². The molecule has 0 radical (unpaired) electrons. The summed E-state index contributed by atoms with van der Waals surface area (Å²) in [6.45, 7) is 16.6. The van der Waals surface area contributed by atoms with Crippen LogP contribution in [0.3, 0.4) is 0 Å². The van der Waals surface area contributed by atoms with Crippen LogP contribution in [0.1, 0.15) is 104 Å². The van der Waals surface area contributed by atoms with E-state index in [1.54, 1.807) is 4.90 Å². The Morgan fingerprint density at radius 2 is 1.31 bits per heavy atom. The molecule has 62 heavy (non-hydrogen) atoms. The number of carbonyl (C=O) groups excluding carboxylic acids is 5. The van der Waals surface area contributed by atoms with Gasteiger partial charge in [0, 0.05) is 49.0 Å². The molecule has 3 fully saturated rings. The van der Waals surface area contributed by atoms with Gasteiger partial charge in [0.05, 0.1) is 32.2 Å². The van der Waals surface area contributed by atoms with Gasteiger partial charge in [0.25, 0.3) is 0 Å². The van der Waals surface area contributed by atoms with Gasteiger partial charge in [-0.15, -0.1) is 0 Å². The first-order chi connectivity index (χ1) is 29.5. The number of ether oxygens (including phenoxy) is 2. The number of carbonyl (C=O) groups is 5. The fourth-order valence-corrected chi connectivity index (χ4v) is 8.95. The highest BCUT2D eigenvalue weighted by molar-refractivity contribution is 5.92. The minimum Gasteiger partial charge on any atom is -0.453 e. The smallest absolute Gasteiger partial charge is 0.407 e. The lowest BCUT2D eigenvalue weighted by Gasteiger charge is -2.36. The topological polar surface area (TPSA) is 178 Å². The number of hydrogen-bond donors (Lipinski definition) is 4. The van der Waals surface area contributed by atoms with Crippen molar-refractivity contribution in [2.24, 2.45) is 11.8 Å². The van der Waals surface area contributed by atoms with Crippen LogP contribution in [0.5, 0.6) is 0 Å². The summed E-state index contributed by atoms with van der Waals surface area (Å²) < 4.78 is 9.56. The minimum absolute atomic E-state index is 0.000796. The van der Waals surface area contributed by atoms with E-state index in [0.29, 0.717) is 31.8 Å². The third-order valence-electron chi connectivity index (χ3n) is 12.6. The number of amides is 5. The molecule has 5 amide bonds. The second-order valence-electron chi connectivity index (χ2n) is 18.6. The number of nitrogens with one attached hydrogen (secondary N) is 4. The van der Waals surface area contributed by atoms with Gasteiger partial charge in [0.1, 0.15) is 23.9 Å². The summed E-state index contributed by atoms with van der Waals surface area (Å²) in [4.78, 5) is 79.4. The number of methoxy groups -OCH3 is 2. The quantitative estimate of drug-likeness (QED) is 0.158. The van der Waals surface area contributed by atoms with Crippen molar-refractivity contribution in [3.63, 3.8) is 0 Å². The number of likely N-dealkylation sites (tertiary alicyclic amines) is 2. The molecule has 4 N–H and O–H groups in total. The normalized spacial score (nSPS) is 19.4. The predicted molar refractivity (Wildman–Crippen MR) is 238 cm³/mol. The van der Waals surface area contributed by atoms with E-state index in [9.17, 15) is 24.0 Å². The molecular formula is C47H66N8O7. The number of rotatable bonds is 12. The Balaban J connectivity index is 1.19. The Hall–Kier alpha value is -5.60. The molecule has 2 aromatic carbocycles. The second kappa shape index (κ2) is 19.6. The molecule has 3 aromatic rings. The van der Waals surface area contributed by atoms with Crippen LogP contribution in [0.15, 0.2) is 48.7 Å². The molecular weight excluding hydrogens is 789 g/mol. The molecule has 0 unspecified atom stereocenters. The first-order valence-corrected chi connectivity index (χ1v) is 22.2. The van der Waals surface area contributed by atoms with Crippen LogP contribution in [0.4, 0.5) is 15.3 Å². The Bertz CT molecular complexity index is 2070. The predicted octanol–water partition coefficient (Wildman–Crippen LogP) is 6.54. The standard InChI is InChI=1S/C47H66N8O7/c1-28(2)39(51-45(59)61-8)43(57)54-22-10-12-37(54)41-48-27-35(50-41)31-16-19-36(34(26-31)30-14-17-32(18-15-30)47(5,6)7)53-24-20-33(21-25-53)49-42(56)38-13-11-23-55(38)44(58)40(29(3)4)52-46(60)62-9/h14-19,26-29,33,37-40H,10-13,20-25H2,1-9H3,(H,48,50)(H,49,56)(H,51,59)(H,52,60)/t37-,38-,39-,40-/m0/s1. The number of alkyl carbamates (subject to hydrolysis) is 2. The van der Waals surface area contributed by atoms with Gasteiger partial charge in [-0.05, 0) is 79.0 Å².